The summed E-state index contributed by atoms with van der Waals surface area (Å²) in [7, 11) is 0. The molecule has 0 aliphatic heterocycles. The van der Waals surface area contributed by atoms with Gasteiger partial charge in [-0.25, -0.2) is 4.98 Å². The number of hydrogen-bond donors (Lipinski definition) is 2. The highest BCUT2D eigenvalue weighted by atomic mass is 79.9. The lowest BCUT2D eigenvalue weighted by molar-refractivity contribution is 0.477. The van der Waals surface area contributed by atoms with Gasteiger partial charge in [0.05, 0.1) is 16.7 Å². The van der Waals surface area contributed by atoms with Gasteiger partial charge < -0.3 is 10.4 Å². The molecule has 1 heterocycles. The minimum Gasteiger partial charge on any atom is -0.505 e. The van der Waals surface area contributed by atoms with Gasteiger partial charge in [-0.15, -0.1) is 0 Å². The summed E-state index contributed by atoms with van der Waals surface area (Å²) in [6.07, 6.45) is 0. The van der Waals surface area contributed by atoms with E-state index in [0.29, 0.717) is 16.5 Å². The molecule has 0 amide bonds. The number of benzene rings is 2. The third kappa shape index (κ3) is 3.15. The fraction of sp³-hybridized carbons (Fsp3) is 0.211. The number of anilines is 1. The number of pyridine rings is 1. The van der Waals surface area contributed by atoms with Crippen molar-refractivity contribution < 1.29 is 5.11 Å². The molecule has 0 aliphatic rings. The first-order chi connectivity index (χ1) is 11.4. The topological polar surface area (TPSA) is 45.1 Å². The van der Waals surface area contributed by atoms with E-state index >= 15 is 0 Å². The molecular weight excluding hydrogens is 432 g/mol. The van der Waals surface area contributed by atoms with Crippen LogP contribution in [0.4, 0.5) is 5.69 Å². The lowest BCUT2D eigenvalue weighted by atomic mass is 10.0. The van der Waals surface area contributed by atoms with Crippen molar-refractivity contribution in [2.45, 2.75) is 27.3 Å². The number of nitrogens with zero attached hydrogens (tertiary/aromatic N) is 1. The molecule has 2 aromatic carbocycles. The molecule has 24 heavy (non-hydrogen) atoms. The van der Waals surface area contributed by atoms with Gasteiger partial charge in [0.15, 0.2) is 5.75 Å². The van der Waals surface area contributed by atoms with E-state index in [1.54, 1.807) is 0 Å². The van der Waals surface area contributed by atoms with Gasteiger partial charge >= 0.3 is 0 Å². The first-order valence-electron chi connectivity index (χ1n) is 7.65. The average Bonchev–Trinajstić information content (AvgIpc) is 2.56. The van der Waals surface area contributed by atoms with E-state index in [-0.39, 0.29) is 5.75 Å². The van der Waals surface area contributed by atoms with E-state index in [4.69, 9.17) is 0 Å². The van der Waals surface area contributed by atoms with Crippen LogP contribution in [0.5, 0.6) is 5.75 Å². The van der Waals surface area contributed by atoms with Gasteiger partial charge in [-0.2, -0.15) is 0 Å². The Morgan fingerprint density at radius 1 is 1.00 bits per heavy atom. The number of nitrogens with one attached hydrogen (secondary N) is 1. The van der Waals surface area contributed by atoms with Crippen molar-refractivity contribution in [1.82, 2.24) is 4.98 Å². The zero-order valence-electron chi connectivity index (χ0n) is 13.7. The molecular formula is C19H18Br2N2O. The Morgan fingerprint density at radius 3 is 2.46 bits per heavy atom. The van der Waals surface area contributed by atoms with E-state index in [0.717, 1.165) is 21.2 Å². The second-order valence-corrected chi connectivity index (χ2v) is 7.65. The lowest BCUT2D eigenvalue weighted by Gasteiger charge is -2.15. The lowest BCUT2D eigenvalue weighted by Crippen LogP contribution is -2.05. The van der Waals surface area contributed by atoms with E-state index in [9.17, 15) is 5.11 Å². The summed E-state index contributed by atoms with van der Waals surface area (Å²) in [4.78, 5) is 4.62. The molecule has 0 radical (unpaired) electrons. The number of aromatic nitrogens is 1. The van der Waals surface area contributed by atoms with Crippen LogP contribution in [0.2, 0.25) is 0 Å². The van der Waals surface area contributed by atoms with E-state index in [1.165, 1.54) is 16.7 Å². The van der Waals surface area contributed by atoms with Gasteiger partial charge in [0.1, 0.15) is 5.52 Å². The molecule has 0 fully saturated rings. The van der Waals surface area contributed by atoms with Gasteiger partial charge in [-0.3, -0.25) is 0 Å². The number of aryl methyl sites for hydroxylation is 2. The maximum Gasteiger partial charge on any atom is 0.156 e. The molecule has 0 unspecified atom stereocenters. The van der Waals surface area contributed by atoms with Gasteiger partial charge in [0.25, 0.3) is 0 Å². The van der Waals surface area contributed by atoms with Crippen molar-refractivity contribution >= 4 is 48.5 Å². The summed E-state index contributed by atoms with van der Waals surface area (Å²) in [6, 6.07) is 10.0. The predicted octanol–water partition coefficient (Wildman–Crippen LogP) is 6.00. The summed E-state index contributed by atoms with van der Waals surface area (Å²) < 4.78 is 1.53. The molecule has 0 saturated carbocycles. The fourth-order valence-corrected chi connectivity index (χ4v) is 4.02. The van der Waals surface area contributed by atoms with Crippen molar-refractivity contribution in [1.29, 1.82) is 0 Å². The number of rotatable bonds is 3. The molecule has 0 aliphatic carbocycles. The summed E-state index contributed by atoms with van der Waals surface area (Å²) in [6.45, 7) is 6.94. The normalized spacial score (nSPS) is 11.0. The second kappa shape index (κ2) is 6.73. The summed E-state index contributed by atoms with van der Waals surface area (Å²) in [5, 5.41) is 14.6. The van der Waals surface area contributed by atoms with Crippen molar-refractivity contribution in [2.75, 3.05) is 5.32 Å². The van der Waals surface area contributed by atoms with Gasteiger partial charge in [0, 0.05) is 15.5 Å². The summed E-state index contributed by atoms with van der Waals surface area (Å²) in [5.74, 6) is 0.165. The third-order valence-corrected chi connectivity index (χ3v) is 5.57. The van der Waals surface area contributed by atoms with Crippen molar-refractivity contribution in [3.8, 4) is 5.75 Å². The summed E-state index contributed by atoms with van der Waals surface area (Å²) >= 11 is 6.87. The first-order valence-corrected chi connectivity index (χ1v) is 9.24. The number of phenolic OH excluding ortho intramolecular Hbond substituents is 1. The standard InChI is InChI=1S/C19H18Br2N2O/c1-10-4-5-11(2)17(12(10)3)22-9-13-6-7-14-15(20)8-16(21)19(24)18(14)23-13/h4-8,22,24H,9H2,1-3H3. The van der Waals surface area contributed by atoms with Crippen LogP contribution in [0.25, 0.3) is 10.9 Å². The van der Waals surface area contributed by atoms with E-state index < -0.39 is 0 Å². The Labute approximate surface area is 158 Å². The maximum absolute atomic E-state index is 10.3. The number of hydrogen-bond acceptors (Lipinski definition) is 3. The number of fused-ring (bicyclic) bond motifs is 1. The molecule has 0 bridgehead atoms. The third-order valence-electron chi connectivity index (χ3n) is 4.30. The zero-order chi connectivity index (χ0) is 17.4. The van der Waals surface area contributed by atoms with Crippen LogP contribution in [0.1, 0.15) is 22.4 Å². The number of aromatic hydroxyl groups is 1. The maximum atomic E-state index is 10.3. The predicted molar refractivity (Wildman–Crippen MR) is 107 cm³/mol. The number of halogens is 2. The van der Waals surface area contributed by atoms with Crippen molar-refractivity contribution in [3.63, 3.8) is 0 Å². The minimum absolute atomic E-state index is 0.165. The summed E-state index contributed by atoms with van der Waals surface area (Å²) in [5.41, 5.74) is 6.35. The average molecular weight is 450 g/mol. The molecule has 0 atom stereocenters. The van der Waals surface area contributed by atoms with Crippen LogP contribution in [0, 0.1) is 20.8 Å². The van der Waals surface area contributed by atoms with Gasteiger partial charge in [0.2, 0.25) is 0 Å². The highest BCUT2D eigenvalue weighted by Crippen LogP contribution is 2.36. The van der Waals surface area contributed by atoms with Crippen LogP contribution in [0.3, 0.4) is 0 Å². The SMILES string of the molecule is Cc1ccc(C)c(NCc2ccc3c(Br)cc(Br)c(O)c3n2)c1C. The monoisotopic (exact) mass is 448 g/mol. The molecule has 3 rings (SSSR count). The number of phenols is 1. The Balaban J connectivity index is 1.95. The minimum atomic E-state index is 0.165. The highest BCUT2D eigenvalue weighted by molar-refractivity contribution is 9.11. The van der Waals surface area contributed by atoms with Crippen LogP contribution in [0.15, 0.2) is 39.3 Å². The molecule has 0 saturated heterocycles. The van der Waals surface area contributed by atoms with Crippen LogP contribution in [-0.2, 0) is 6.54 Å². The Bertz CT molecular complexity index is 939. The molecule has 3 nitrogen and oxygen atoms in total. The molecule has 124 valence electrons. The smallest absolute Gasteiger partial charge is 0.156 e. The molecule has 2 N–H and O–H groups in total. The second-order valence-electron chi connectivity index (χ2n) is 5.94. The molecule has 3 aromatic rings. The molecule has 5 heteroatoms. The molecule has 1 aromatic heterocycles. The van der Waals surface area contributed by atoms with Gasteiger partial charge in [-0.05, 0) is 71.6 Å². The van der Waals surface area contributed by atoms with Crippen LogP contribution >= 0.6 is 31.9 Å². The van der Waals surface area contributed by atoms with Crippen molar-refractivity contribution in [3.05, 3.63) is 61.7 Å². The van der Waals surface area contributed by atoms with Gasteiger partial charge in [-0.1, -0.05) is 28.1 Å². The Morgan fingerprint density at radius 2 is 1.71 bits per heavy atom. The zero-order valence-corrected chi connectivity index (χ0v) is 16.9. The van der Waals surface area contributed by atoms with Crippen molar-refractivity contribution in [2.24, 2.45) is 0 Å². The highest BCUT2D eigenvalue weighted by Gasteiger charge is 2.11. The molecule has 0 spiro atoms. The fourth-order valence-electron chi connectivity index (χ4n) is 2.74. The Kier molecular flexibility index (Phi) is 4.83. The quantitative estimate of drug-likeness (QED) is 0.515. The first kappa shape index (κ1) is 17.2. The largest absolute Gasteiger partial charge is 0.505 e. The van der Waals surface area contributed by atoms with Crippen LogP contribution < -0.4 is 5.32 Å². The van der Waals surface area contributed by atoms with E-state index in [2.05, 4.69) is 75.1 Å². The Hall–Kier alpha value is -1.59. The van der Waals surface area contributed by atoms with E-state index in [1.807, 2.05) is 18.2 Å². The van der Waals surface area contributed by atoms with Crippen LogP contribution in [-0.4, -0.2) is 10.1 Å².